The number of sulfonamides is 1. The molecule has 0 atom stereocenters. The number of halogens is 2. The number of ether oxygens (including phenoxy) is 1. The number of aryl methyl sites for hydroxylation is 1. The van der Waals surface area contributed by atoms with Crippen LogP contribution in [0.3, 0.4) is 0 Å². The van der Waals surface area contributed by atoms with Gasteiger partial charge in [0, 0.05) is 16.3 Å². The Labute approximate surface area is 210 Å². The zero-order valence-electron chi connectivity index (χ0n) is 18.9. The first-order chi connectivity index (χ1) is 17.1. The second kappa shape index (κ2) is 10.5. The predicted molar refractivity (Wildman–Crippen MR) is 133 cm³/mol. The second-order valence-electron chi connectivity index (χ2n) is 7.83. The van der Waals surface area contributed by atoms with Gasteiger partial charge >= 0.3 is 5.97 Å². The summed E-state index contributed by atoms with van der Waals surface area (Å²) in [6, 6.07) is 16.9. The van der Waals surface area contributed by atoms with Crippen LogP contribution in [0.5, 0.6) is 5.75 Å². The van der Waals surface area contributed by atoms with Gasteiger partial charge in [-0.15, -0.1) is 0 Å². The monoisotopic (exact) mass is 533 g/mol. The van der Waals surface area contributed by atoms with Gasteiger partial charge in [-0.1, -0.05) is 30.0 Å². The smallest absolute Gasteiger partial charge is 0.331 e. The SMILES string of the molecule is Cc1ccc(NC(=O)CN2CC(=O)Oc3ccccc32)cc1S(=O)(=O)Nc1ccc(SC(F)F)cc1. The van der Waals surface area contributed by atoms with Gasteiger partial charge in [0.1, 0.15) is 6.54 Å². The highest BCUT2D eigenvalue weighted by molar-refractivity contribution is 7.99. The minimum absolute atomic E-state index is 0.0572. The van der Waals surface area contributed by atoms with Crippen molar-refractivity contribution in [1.29, 1.82) is 0 Å². The Hall–Kier alpha value is -3.64. The number of nitrogens with one attached hydrogen (secondary N) is 2. The fourth-order valence-corrected chi connectivity index (χ4v) is 5.43. The number of rotatable bonds is 8. The molecule has 0 saturated carbocycles. The molecule has 1 aliphatic heterocycles. The molecule has 3 aromatic rings. The van der Waals surface area contributed by atoms with Gasteiger partial charge in [0.05, 0.1) is 17.1 Å². The van der Waals surface area contributed by atoms with Crippen molar-refractivity contribution >= 4 is 50.7 Å². The highest BCUT2D eigenvalue weighted by Crippen LogP contribution is 2.31. The highest BCUT2D eigenvalue weighted by atomic mass is 32.2. The number of para-hydroxylation sites is 2. The molecule has 1 aliphatic rings. The van der Waals surface area contributed by atoms with E-state index < -0.39 is 27.7 Å². The summed E-state index contributed by atoms with van der Waals surface area (Å²) in [5, 5.41) is 2.67. The van der Waals surface area contributed by atoms with Crippen LogP contribution in [0.1, 0.15) is 5.56 Å². The molecule has 0 fully saturated rings. The van der Waals surface area contributed by atoms with Crippen LogP contribution in [0, 0.1) is 6.92 Å². The molecule has 0 unspecified atom stereocenters. The van der Waals surface area contributed by atoms with Crippen molar-refractivity contribution in [3.63, 3.8) is 0 Å². The molecule has 8 nitrogen and oxygen atoms in total. The van der Waals surface area contributed by atoms with Crippen molar-refractivity contribution < 1.29 is 31.5 Å². The number of anilines is 3. The largest absolute Gasteiger partial charge is 0.423 e. The maximum atomic E-state index is 13.0. The number of hydrogen-bond acceptors (Lipinski definition) is 7. The lowest BCUT2D eigenvalue weighted by Crippen LogP contribution is -2.41. The Bertz CT molecular complexity index is 1400. The van der Waals surface area contributed by atoms with E-state index in [2.05, 4.69) is 10.0 Å². The minimum atomic E-state index is -4.04. The molecule has 0 aromatic heterocycles. The molecular formula is C24H21F2N3O5S2. The molecule has 0 bridgehead atoms. The van der Waals surface area contributed by atoms with Crippen LogP contribution in [0.15, 0.2) is 76.5 Å². The quantitative estimate of drug-likeness (QED) is 0.250. The van der Waals surface area contributed by atoms with Gasteiger partial charge in [-0.3, -0.25) is 9.52 Å². The second-order valence-corrected chi connectivity index (χ2v) is 10.5. The summed E-state index contributed by atoms with van der Waals surface area (Å²) in [4.78, 5) is 26.4. The molecule has 0 spiro atoms. The molecule has 36 heavy (non-hydrogen) atoms. The Morgan fingerprint density at radius 1 is 1.08 bits per heavy atom. The fraction of sp³-hybridized carbons (Fsp3) is 0.167. The first-order valence-electron chi connectivity index (χ1n) is 10.6. The normalized spacial score (nSPS) is 13.2. The lowest BCUT2D eigenvalue weighted by Gasteiger charge is -2.29. The van der Waals surface area contributed by atoms with Crippen molar-refractivity contribution in [1.82, 2.24) is 0 Å². The van der Waals surface area contributed by atoms with Crippen molar-refractivity contribution in [2.75, 3.05) is 28.0 Å². The van der Waals surface area contributed by atoms with Gasteiger partial charge in [0.25, 0.3) is 15.8 Å². The molecule has 3 aromatic carbocycles. The molecule has 0 aliphatic carbocycles. The number of carbonyl (C=O) groups excluding carboxylic acids is 2. The number of carbonyl (C=O) groups is 2. The van der Waals surface area contributed by atoms with Crippen molar-refractivity contribution in [2.45, 2.75) is 22.5 Å². The average molecular weight is 534 g/mol. The van der Waals surface area contributed by atoms with Gasteiger partial charge < -0.3 is 15.0 Å². The maximum Gasteiger partial charge on any atom is 0.331 e. The van der Waals surface area contributed by atoms with Gasteiger partial charge in [-0.2, -0.15) is 8.78 Å². The molecule has 0 saturated heterocycles. The summed E-state index contributed by atoms with van der Waals surface area (Å²) in [5.41, 5.74) is 1.50. The number of esters is 1. The average Bonchev–Trinajstić information content (AvgIpc) is 2.81. The molecule has 188 valence electrons. The zero-order chi connectivity index (χ0) is 25.9. The zero-order valence-corrected chi connectivity index (χ0v) is 20.5. The van der Waals surface area contributed by atoms with Crippen LogP contribution >= 0.6 is 11.8 Å². The Balaban J connectivity index is 1.47. The summed E-state index contributed by atoms with van der Waals surface area (Å²) in [7, 11) is -4.04. The van der Waals surface area contributed by atoms with E-state index in [1.807, 2.05) is 0 Å². The van der Waals surface area contributed by atoms with Crippen LogP contribution in [0.2, 0.25) is 0 Å². The van der Waals surface area contributed by atoms with E-state index >= 15 is 0 Å². The van der Waals surface area contributed by atoms with Gasteiger partial charge in [-0.25, -0.2) is 13.2 Å². The van der Waals surface area contributed by atoms with Crippen molar-refractivity contribution in [3.8, 4) is 5.75 Å². The number of amides is 1. The molecule has 0 radical (unpaired) electrons. The van der Waals surface area contributed by atoms with Crippen LogP contribution < -0.4 is 19.7 Å². The number of alkyl halides is 2. The number of benzene rings is 3. The topological polar surface area (TPSA) is 105 Å². The summed E-state index contributed by atoms with van der Waals surface area (Å²) in [5.74, 6) is -3.16. The lowest BCUT2D eigenvalue weighted by atomic mass is 10.2. The van der Waals surface area contributed by atoms with E-state index in [0.717, 1.165) is 0 Å². The minimum Gasteiger partial charge on any atom is -0.423 e. The fourth-order valence-electron chi connectivity index (χ4n) is 3.60. The van der Waals surface area contributed by atoms with Crippen LogP contribution in [-0.4, -0.2) is 39.1 Å². The Morgan fingerprint density at radius 3 is 2.50 bits per heavy atom. The van der Waals surface area contributed by atoms with E-state index in [0.29, 0.717) is 33.7 Å². The third-order valence-electron chi connectivity index (χ3n) is 5.18. The summed E-state index contributed by atoms with van der Waals surface area (Å²) in [6.45, 7) is 1.36. The molecule has 1 heterocycles. The number of nitrogens with zero attached hydrogens (tertiary/aromatic N) is 1. The van der Waals surface area contributed by atoms with E-state index in [1.165, 1.54) is 30.3 Å². The Kier molecular flexibility index (Phi) is 7.45. The third kappa shape index (κ3) is 6.13. The van der Waals surface area contributed by atoms with Crippen molar-refractivity contribution in [2.24, 2.45) is 0 Å². The number of thioether (sulfide) groups is 1. The van der Waals surface area contributed by atoms with Gasteiger partial charge in [-0.05, 0) is 61.0 Å². The van der Waals surface area contributed by atoms with E-state index in [9.17, 15) is 26.8 Å². The molecule has 1 amide bonds. The number of hydrogen-bond donors (Lipinski definition) is 2. The molecule has 4 rings (SSSR count). The van der Waals surface area contributed by atoms with Crippen LogP contribution in [-0.2, 0) is 19.6 Å². The van der Waals surface area contributed by atoms with Crippen LogP contribution in [0.4, 0.5) is 25.8 Å². The number of fused-ring (bicyclic) bond motifs is 1. The highest BCUT2D eigenvalue weighted by Gasteiger charge is 2.25. The lowest BCUT2D eigenvalue weighted by molar-refractivity contribution is -0.133. The molecule has 2 N–H and O–H groups in total. The van der Waals surface area contributed by atoms with Crippen molar-refractivity contribution in [3.05, 3.63) is 72.3 Å². The van der Waals surface area contributed by atoms with E-state index in [4.69, 9.17) is 4.74 Å². The maximum absolute atomic E-state index is 13.0. The predicted octanol–water partition coefficient (Wildman–Crippen LogP) is 4.47. The summed E-state index contributed by atoms with van der Waals surface area (Å²) < 4.78 is 58.6. The first kappa shape index (κ1) is 25.5. The summed E-state index contributed by atoms with van der Waals surface area (Å²) in [6.07, 6.45) is 0. The van der Waals surface area contributed by atoms with E-state index in [1.54, 1.807) is 48.2 Å². The molecule has 12 heteroatoms. The third-order valence-corrected chi connectivity index (χ3v) is 7.42. The summed E-state index contributed by atoms with van der Waals surface area (Å²) >= 11 is 0.360. The standard InChI is InChI=1S/C24H21F2N3O5S2/c1-15-6-7-17(27-22(30)13-29-14-23(31)34-20-5-3-2-4-19(20)29)12-21(15)36(32,33)28-16-8-10-18(11-9-16)35-24(25)26/h2-12,24,28H,13-14H2,1H3,(H,27,30). The first-order valence-corrected chi connectivity index (χ1v) is 13.0. The van der Waals surface area contributed by atoms with E-state index in [-0.39, 0.29) is 29.4 Å². The van der Waals surface area contributed by atoms with Gasteiger partial charge in [0.15, 0.2) is 5.75 Å². The Morgan fingerprint density at radius 2 is 1.78 bits per heavy atom. The van der Waals surface area contributed by atoms with Crippen LogP contribution in [0.25, 0.3) is 0 Å². The molecular weight excluding hydrogens is 512 g/mol. The van der Waals surface area contributed by atoms with Gasteiger partial charge in [0.2, 0.25) is 5.91 Å².